The SMILES string of the molecule is COc1ccc(NC(=O)NCc2nc(C3CC(=O)N(Cc4ccc(F)cc4)C3)no2)cc1. The third kappa shape index (κ3) is 5.20. The Bertz CT molecular complexity index is 1080. The predicted octanol–water partition coefficient (Wildman–Crippen LogP) is 3.06. The maximum atomic E-state index is 13.1. The first-order valence-corrected chi connectivity index (χ1v) is 10.0. The van der Waals surface area contributed by atoms with Gasteiger partial charge in [-0.1, -0.05) is 17.3 Å². The molecule has 166 valence electrons. The lowest BCUT2D eigenvalue weighted by Gasteiger charge is -2.16. The molecule has 9 nitrogen and oxygen atoms in total. The Morgan fingerprint density at radius 1 is 1.22 bits per heavy atom. The van der Waals surface area contributed by atoms with Crippen molar-refractivity contribution in [2.24, 2.45) is 0 Å². The molecule has 1 aromatic heterocycles. The zero-order chi connectivity index (χ0) is 22.5. The molecular formula is C22H22FN5O4. The highest BCUT2D eigenvalue weighted by Gasteiger charge is 2.33. The highest BCUT2D eigenvalue weighted by molar-refractivity contribution is 5.89. The summed E-state index contributed by atoms with van der Waals surface area (Å²) in [5.41, 5.74) is 1.46. The molecule has 2 N–H and O–H groups in total. The van der Waals surface area contributed by atoms with Crippen molar-refractivity contribution in [3.63, 3.8) is 0 Å². The lowest BCUT2D eigenvalue weighted by Crippen LogP contribution is -2.28. The van der Waals surface area contributed by atoms with Crippen LogP contribution in [0, 0.1) is 5.82 Å². The Balaban J connectivity index is 1.28. The molecule has 10 heteroatoms. The van der Waals surface area contributed by atoms with E-state index in [9.17, 15) is 14.0 Å². The van der Waals surface area contributed by atoms with Crippen LogP contribution in [0.15, 0.2) is 53.1 Å². The molecular weight excluding hydrogens is 417 g/mol. The molecule has 1 atom stereocenters. The van der Waals surface area contributed by atoms with Crippen LogP contribution in [0.3, 0.4) is 0 Å². The normalized spacial score (nSPS) is 15.6. The van der Waals surface area contributed by atoms with Gasteiger partial charge in [0.05, 0.1) is 13.7 Å². The molecule has 2 aromatic carbocycles. The summed E-state index contributed by atoms with van der Waals surface area (Å²) in [4.78, 5) is 30.4. The van der Waals surface area contributed by atoms with E-state index in [1.54, 1.807) is 48.4 Å². The van der Waals surface area contributed by atoms with Gasteiger partial charge < -0.3 is 24.8 Å². The zero-order valence-corrected chi connectivity index (χ0v) is 17.4. The van der Waals surface area contributed by atoms with Crippen molar-refractivity contribution in [2.45, 2.75) is 25.4 Å². The fraction of sp³-hybridized carbons (Fsp3) is 0.273. The number of likely N-dealkylation sites (tertiary alicyclic amines) is 1. The molecule has 32 heavy (non-hydrogen) atoms. The lowest BCUT2D eigenvalue weighted by molar-refractivity contribution is -0.128. The van der Waals surface area contributed by atoms with E-state index in [0.717, 1.165) is 5.56 Å². The Labute approximate surface area is 183 Å². The number of hydrogen-bond donors (Lipinski definition) is 2. The first-order valence-electron chi connectivity index (χ1n) is 10.0. The second kappa shape index (κ2) is 9.46. The van der Waals surface area contributed by atoms with E-state index >= 15 is 0 Å². The summed E-state index contributed by atoms with van der Waals surface area (Å²) >= 11 is 0. The fourth-order valence-electron chi connectivity index (χ4n) is 3.42. The first-order chi connectivity index (χ1) is 15.5. The molecule has 1 unspecified atom stereocenters. The smallest absolute Gasteiger partial charge is 0.319 e. The number of carbonyl (C=O) groups excluding carboxylic acids is 2. The molecule has 0 aliphatic carbocycles. The molecule has 1 aliphatic heterocycles. The molecule has 1 fully saturated rings. The minimum atomic E-state index is -0.420. The molecule has 0 saturated carbocycles. The monoisotopic (exact) mass is 439 g/mol. The van der Waals surface area contributed by atoms with Gasteiger partial charge >= 0.3 is 6.03 Å². The maximum absolute atomic E-state index is 13.1. The highest BCUT2D eigenvalue weighted by Crippen LogP contribution is 2.27. The van der Waals surface area contributed by atoms with Gasteiger partial charge in [-0.05, 0) is 42.0 Å². The van der Waals surface area contributed by atoms with Crippen LogP contribution in [0.5, 0.6) is 5.75 Å². The van der Waals surface area contributed by atoms with Gasteiger partial charge in [0.1, 0.15) is 11.6 Å². The van der Waals surface area contributed by atoms with E-state index in [4.69, 9.17) is 9.26 Å². The second-order valence-electron chi connectivity index (χ2n) is 7.38. The van der Waals surface area contributed by atoms with Crippen LogP contribution in [-0.2, 0) is 17.9 Å². The fourth-order valence-corrected chi connectivity index (χ4v) is 3.42. The average molecular weight is 439 g/mol. The van der Waals surface area contributed by atoms with E-state index in [2.05, 4.69) is 20.8 Å². The Hall–Kier alpha value is -3.95. The van der Waals surface area contributed by atoms with Gasteiger partial charge in [-0.15, -0.1) is 0 Å². The predicted molar refractivity (Wildman–Crippen MR) is 112 cm³/mol. The number of nitrogens with zero attached hydrogens (tertiary/aromatic N) is 3. The van der Waals surface area contributed by atoms with Gasteiger partial charge in [0, 0.05) is 31.1 Å². The van der Waals surface area contributed by atoms with Crippen molar-refractivity contribution in [3.05, 3.63) is 71.6 Å². The van der Waals surface area contributed by atoms with Gasteiger partial charge in [-0.25, -0.2) is 9.18 Å². The number of amides is 3. The van der Waals surface area contributed by atoms with Gasteiger partial charge in [0.25, 0.3) is 0 Å². The van der Waals surface area contributed by atoms with Crippen LogP contribution in [0.2, 0.25) is 0 Å². The van der Waals surface area contributed by atoms with Crippen LogP contribution in [0.25, 0.3) is 0 Å². The largest absolute Gasteiger partial charge is 0.497 e. The van der Waals surface area contributed by atoms with E-state index in [-0.39, 0.29) is 36.5 Å². The number of halogens is 1. The molecule has 1 aliphatic rings. The van der Waals surface area contributed by atoms with Crippen LogP contribution in [0.1, 0.15) is 29.6 Å². The van der Waals surface area contributed by atoms with E-state index in [1.807, 2.05) is 0 Å². The highest BCUT2D eigenvalue weighted by atomic mass is 19.1. The topological polar surface area (TPSA) is 110 Å². The lowest BCUT2D eigenvalue weighted by atomic mass is 10.1. The summed E-state index contributed by atoms with van der Waals surface area (Å²) in [7, 11) is 1.57. The number of rotatable bonds is 7. The second-order valence-corrected chi connectivity index (χ2v) is 7.38. The summed E-state index contributed by atoms with van der Waals surface area (Å²) in [6, 6.07) is 12.6. The number of anilines is 1. The first kappa shape index (κ1) is 21.3. The number of hydrogen-bond acceptors (Lipinski definition) is 6. The van der Waals surface area contributed by atoms with Crippen molar-refractivity contribution in [1.29, 1.82) is 0 Å². The van der Waals surface area contributed by atoms with E-state index in [1.165, 1.54) is 12.1 Å². The summed E-state index contributed by atoms with van der Waals surface area (Å²) in [6.07, 6.45) is 0.269. The van der Waals surface area contributed by atoms with Gasteiger partial charge in [-0.3, -0.25) is 4.79 Å². The zero-order valence-electron chi connectivity index (χ0n) is 17.4. The summed E-state index contributed by atoms with van der Waals surface area (Å²) < 4.78 is 23.4. The number of carbonyl (C=O) groups is 2. The van der Waals surface area contributed by atoms with Crippen LogP contribution in [-0.4, -0.2) is 40.6 Å². The van der Waals surface area contributed by atoms with Crippen molar-refractivity contribution >= 4 is 17.6 Å². The van der Waals surface area contributed by atoms with Crippen molar-refractivity contribution in [2.75, 3.05) is 19.0 Å². The molecule has 0 spiro atoms. The van der Waals surface area contributed by atoms with E-state index < -0.39 is 6.03 Å². The molecule has 2 heterocycles. The number of ether oxygens (including phenoxy) is 1. The molecule has 4 rings (SSSR count). The standard InChI is InChI=1S/C22H22FN5O4/c1-31-18-8-6-17(7-9-18)25-22(30)24-11-19-26-21(27-32-19)15-10-20(29)28(13-15)12-14-2-4-16(23)5-3-14/h2-9,15H,10-13H2,1H3,(H2,24,25,30). The van der Waals surface area contributed by atoms with E-state index in [0.29, 0.717) is 30.4 Å². The van der Waals surface area contributed by atoms with Gasteiger partial charge in [0.2, 0.25) is 11.8 Å². The number of methoxy groups -OCH3 is 1. The van der Waals surface area contributed by atoms with Crippen LogP contribution >= 0.6 is 0 Å². The molecule has 3 aromatic rings. The third-order valence-corrected chi connectivity index (χ3v) is 5.10. The minimum absolute atomic E-state index is 0.0253. The molecule has 1 saturated heterocycles. The summed E-state index contributed by atoms with van der Waals surface area (Å²) in [5, 5.41) is 9.31. The van der Waals surface area contributed by atoms with Crippen molar-refractivity contribution in [3.8, 4) is 5.75 Å². The van der Waals surface area contributed by atoms with Crippen LogP contribution < -0.4 is 15.4 Å². The Morgan fingerprint density at radius 2 is 1.97 bits per heavy atom. The minimum Gasteiger partial charge on any atom is -0.497 e. The van der Waals surface area contributed by atoms with Gasteiger partial charge in [0.15, 0.2) is 5.82 Å². The van der Waals surface area contributed by atoms with Crippen molar-refractivity contribution in [1.82, 2.24) is 20.4 Å². The van der Waals surface area contributed by atoms with Crippen LogP contribution in [0.4, 0.5) is 14.9 Å². The summed E-state index contributed by atoms with van der Waals surface area (Å²) in [6.45, 7) is 0.892. The number of nitrogens with one attached hydrogen (secondary N) is 2. The summed E-state index contributed by atoms with van der Waals surface area (Å²) in [5.74, 6) is 0.818. The quantitative estimate of drug-likeness (QED) is 0.586. The average Bonchev–Trinajstić information content (AvgIpc) is 3.41. The third-order valence-electron chi connectivity index (χ3n) is 5.10. The Morgan fingerprint density at radius 3 is 2.69 bits per heavy atom. The Kier molecular flexibility index (Phi) is 6.29. The number of urea groups is 1. The number of benzene rings is 2. The maximum Gasteiger partial charge on any atom is 0.319 e. The molecule has 0 radical (unpaired) electrons. The molecule has 0 bridgehead atoms. The number of aromatic nitrogens is 2. The molecule has 3 amide bonds. The van der Waals surface area contributed by atoms with Gasteiger partial charge in [-0.2, -0.15) is 4.98 Å². The van der Waals surface area contributed by atoms with Crippen molar-refractivity contribution < 1.29 is 23.2 Å².